The van der Waals surface area contributed by atoms with E-state index in [4.69, 9.17) is 10.2 Å². The van der Waals surface area contributed by atoms with Crippen molar-refractivity contribution in [2.45, 2.75) is 17.5 Å². The predicted molar refractivity (Wildman–Crippen MR) is 65.9 cm³/mol. The van der Waals surface area contributed by atoms with Gasteiger partial charge in [0.1, 0.15) is 0 Å². The molecule has 0 radical (unpaired) electrons. The minimum absolute atomic E-state index is 0.280. The quantitative estimate of drug-likeness (QED) is 0.879. The van der Waals surface area contributed by atoms with Crippen LogP contribution in [0.4, 0.5) is 0 Å². The lowest BCUT2D eigenvalue weighted by atomic mass is 10.2. The maximum absolute atomic E-state index is 5.38. The molecule has 1 aromatic heterocycles. The van der Waals surface area contributed by atoms with Crippen molar-refractivity contribution >= 4 is 27.7 Å². The maximum atomic E-state index is 5.38. The first-order chi connectivity index (χ1) is 7.79. The molecule has 0 saturated heterocycles. The molecule has 0 fully saturated rings. The summed E-state index contributed by atoms with van der Waals surface area (Å²) in [7, 11) is 0. The van der Waals surface area contributed by atoms with E-state index in [9.17, 15) is 0 Å². The first kappa shape index (κ1) is 11.6. The Hall–Kier alpha value is -0.850. The van der Waals surface area contributed by atoms with Gasteiger partial charge in [-0.15, -0.1) is 10.2 Å². The predicted octanol–water partition coefficient (Wildman–Crippen LogP) is 2.58. The van der Waals surface area contributed by atoms with Crippen molar-refractivity contribution in [3.63, 3.8) is 0 Å². The van der Waals surface area contributed by atoms with Gasteiger partial charge in [-0.3, -0.25) is 0 Å². The SMILES string of the molecule is NCc1nnc(SCc2ccccc2Br)o1. The number of hydrogen-bond donors (Lipinski definition) is 1. The minimum Gasteiger partial charge on any atom is -0.415 e. The summed E-state index contributed by atoms with van der Waals surface area (Å²) in [5.74, 6) is 1.25. The normalized spacial score (nSPS) is 10.6. The molecule has 84 valence electrons. The van der Waals surface area contributed by atoms with Crippen molar-refractivity contribution in [1.82, 2.24) is 10.2 Å². The number of rotatable bonds is 4. The third kappa shape index (κ3) is 2.84. The lowest BCUT2D eigenvalue weighted by Gasteiger charge is -2.00. The van der Waals surface area contributed by atoms with E-state index < -0.39 is 0 Å². The Balaban J connectivity index is 1.99. The number of nitrogens with zero attached hydrogens (tertiary/aromatic N) is 2. The largest absolute Gasteiger partial charge is 0.415 e. The van der Waals surface area contributed by atoms with Gasteiger partial charge in [-0.2, -0.15) is 0 Å². The fourth-order valence-corrected chi connectivity index (χ4v) is 2.53. The molecular weight excluding hydrogens is 290 g/mol. The second kappa shape index (κ2) is 5.47. The van der Waals surface area contributed by atoms with Crippen LogP contribution in [0.3, 0.4) is 0 Å². The molecule has 0 aliphatic carbocycles. The van der Waals surface area contributed by atoms with Crippen molar-refractivity contribution < 1.29 is 4.42 Å². The van der Waals surface area contributed by atoms with Gasteiger partial charge >= 0.3 is 0 Å². The van der Waals surface area contributed by atoms with Crippen LogP contribution in [0.1, 0.15) is 11.5 Å². The molecular formula is C10H10BrN3OS. The topological polar surface area (TPSA) is 64.9 Å². The molecule has 1 aromatic carbocycles. The number of thioether (sulfide) groups is 1. The Bertz CT molecular complexity index is 475. The highest BCUT2D eigenvalue weighted by atomic mass is 79.9. The Labute approximate surface area is 106 Å². The van der Waals surface area contributed by atoms with E-state index >= 15 is 0 Å². The van der Waals surface area contributed by atoms with Crippen LogP contribution in [-0.2, 0) is 12.3 Å². The highest BCUT2D eigenvalue weighted by molar-refractivity contribution is 9.10. The van der Waals surface area contributed by atoms with Gasteiger partial charge in [-0.25, -0.2) is 0 Å². The zero-order chi connectivity index (χ0) is 11.4. The lowest BCUT2D eigenvalue weighted by Crippen LogP contribution is -1.95. The van der Waals surface area contributed by atoms with Crippen LogP contribution in [0.15, 0.2) is 38.4 Å². The van der Waals surface area contributed by atoms with Gasteiger partial charge in [0.15, 0.2) is 0 Å². The summed E-state index contributed by atoms with van der Waals surface area (Å²) in [6.45, 7) is 0.280. The Morgan fingerprint density at radius 3 is 2.81 bits per heavy atom. The van der Waals surface area contributed by atoms with Crippen molar-refractivity contribution in [2.75, 3.05) is 0 Å². The summed E-state index contributed by atoms with van der Waals surface area (Å²) < 4.78 is 6.38. The summed E-state index contributed by atoms with van der Waals surface area (Å²) in [6, 6.07) is 8.05. The third-order valence-electron chi connectivity index (χ3n) is 1.93. The van der Waals surface area contributed by atoms with Gasteiger partial charge < -0.3 is 10.2 Å². The molecule has 4 nitrogen and oxygen atoms in total. The second-order valence-electron chi connectivity index (χ2n) is 3.05. The minimum atomic E-state index is 0.280. The van der Waals surface area contributed by atoms with Gasteiger partial charge in [-0.1, -0.05) is 45.9 Å². The van der Waals surface area contributed by atoms with Crippen molar-refractivity contribution in [3.8, 4) is 0 Å². The van der Waals surface area contributed by atoms with Gasteiger partial charge in [-0.05, 0) is 11.6 Å². The molecule has 0 amide bonds. The number of benzene rings is 1. The standard InChI is InChI=1S/C10H10BrN3OS/c11-8-4-2-1-3-7(8)6-16-10-14-13-9(5-12)15-10/h1-4H,5-6,12H2. The Morgan fingerprint density at radius 1 is 1.31 bits per heavy atom. The second-order valence-corrected chi connectivity index (χ2v) is 4.83. The summed E-state index contributed by atoms with van der Waals surface area (Å²) in [5, 5.41) is 8.23. The lowest BCUT2D eigenvalue weighted by molar-refractivity contribution is 0.415. The fraction of sp³-hybridized carbons (Fsp3) is 0.200. The van der Waals surface area contributed by atoms with E-state index in [1.54, 1.807) is 0 Å². The van der Waals surface area contributed by atoms with Crippen LogP contribution in [0.2, 0.25) is 0 Å². The molecule has 0 unspecified atom stereocenters. The van der Waals surface area contributed by atoms with Gasteiger partial charge in [0.2, 0.25) is 5.89 Å². The number of aromatic nitrogens is 2. The van der Waals surface area contributed by atoms with Crippen molar-refractivity contribution in [1.29, 1.82) is 0 Å². The van der Waals surface area contributed by atoms with E-state index in [0.29, 0.717) is 11.1 Å². The summed E-state index contributed by atoms with van der Waals surface area (Å²) in [6.07, 6.45) is 0. The molecule has 0 bridgehead atoms. The highest BCUT2D eigenvalue weighted by Gasteiger charge is 2.06. The van der Waals surface area contributed by atoms with Gasteiger partial charge in [0, 0.05) is 10.2 Å². The number of halogens is 1. The summed E-state index contributed by atoms with van der Waals surface area (Å²) >= 11 is 4.99. The molecule has 0 aliphatic rings. The number of nitrogens with two attached hydrogens (primary N) is 1. The molecule has 2 rings (SSSR count). The summed E-state index contributed by atoms with van der Waals surface area (Å²) in [4.78, 5) is 0. The molecule has 1 heterocycles. The van der Waals surface area contributed by atoms with Crippen LogP contribution in [0, 0.1) is 0 Å². The van der Waals surface area contributed by atoms with Crippen LogP contribution < -0.4 is 5.73 Å². The van der Waals surface area contributed by atoms with Crippen molar-refractivity contribution in [2.24, 2.45) is 5.73 Å². The molecule has 0 aliphatic heterocycles. The average molecular weight is 300 g/mol. The monoisotopic (exact) mass is 299 g/mol. The van der Waals surface area contributed by atoms with Crippen LogP contribution in [0.25, 0.3) is 0 Å². The maximum Gasteiger partial charge on any atom is 0.276 e. The van der Waals surface area contributed by atoms with E-state index in [-0.39, 0.29) is 6.54 Å². The molecule has 0 atom stereocenters. The van der Waals surface area contributed by atoms with E-state index in [1.807, 2.05) is 18.2 Å². The van der Waals surface area contributed by atoms with E-state index in [1.165, 1.54) is 17.3 Å². The van der Waals surface area contributed by atoms with E-state index in [2.05, 4.69) is 32.2 Å². The summed E-state index contributed by atoms with van der Waals surface area (Å²) in [5.41, 5.74) is 6.58. The first-order valence-corrected chi connectivity index (χ1v) is 6.46. The average Bonchev–Trinajstić information content (AvgIpc) is 2.76. The molecule has 0 spiro atoms. The zero-order valence-electron chi connectivity index (χ0n) is 8.39. The zero-order valence-corrected chi connectivity index (χ0v) is 10.8. The van der Waals surface area contributed by atoms with Crippen LogP contribution in [-0.4, -0.2) is 10.2 Å². The molecule has 0 saturated carbocycles. The third-order valence-corrected chi connectivity index (χ3v) is 3.57. The Kier molecular flexibility index (Phi) is 3.98. The number of hydrogen-bond acceptors (Lipinski definition) is 5. The van der Waals surface area contributed by atoms with Crippen molar-refractivity contribution in [3.05, 3.63) is 40.2 Å². The fourth-order valence-electron chi connectivity index (χ4n) is 1.13. The highest BCUT2D eigenvalue weighted by Crippen LogP contribution is 2.25. The van der Waals surface area contributed by atoms with E-state index in [0.717, 1.165) is 10.2 Å². The van der Waals surface area contributed by atoms with Gasteiger partial charge in [0.25, 0.3) is 5.22 Å². The Morgan fingerprint density at radius 2 is 2.12 bits per heavy atom. The molecule has 2 aromatic rings. The van der Waals surface area contributed by atoms with Crippen LogP contribution in [0.5, 0.6) is 0 Å². The smallest absolute Gasteiger partial charge is 0.276 e. The molecule has 6 heteroatoms. The first-order valence-electron chi connectivity index (χ1n) is 4.68. The molecule has 16 heavy (non-hydrogen) atoms. The molecule has 2 N–H and O–H groups in total. The van der Waals surface area contributed by atoms with Crippen LogP contribution >= 0.6 is 27.7 Å². The van der Waals surface area contributed by atoms with Gasteiger partial charge in [0.05, 0.1) is 6.54 Å².